The minimum absolute atomic E-state index is 0.126. The molecule has 136 valence electrons. The fourth-order valence-electron chi connectivity index (χ4n) is 2.25. The molecule has 1 amide bonds. The Balaban J connectivity index is 1.82. The van der Waals surface area contributed by atoms with Gasteiger partial charge >= 0.3 is 0 Å². The van der Waals surface area contributed by atoms with Crippen LogP contribution in [0.2, 0.25) is 0 Å². The number of hydrogen-bond donors (Lipinski definition) is 2. The monoisotopic (exact) mass is 453 g/mol. The molecule has 0 saturated carbocycles. The van der Waals surface area contributed by atoms with E-state index in [-0.39, 0.29) is 16.9 Å². The number of thiazole rings is 1. The average Bonchev–Trinajstić information content (AvgIpc) is 3.26. The lowest BCUT2D eigenvalue weighted by atomic mass is 10.2. The highest BCUT2D eigenvalue weighted by atomic mass is 79.9. The maximum Gasteiger partial charge on any atom is 0.239 e. The van der Waals surface area contributed by atoms with Crippen molar-refractivity contribution in [1.29, 1.82) is 0 Å². The number of thioether (sulfide) groups is 1. The van der Waals surface area contributed by atoms with Crippen LogP contribution in [0.25, 0.3) is 11.4 Å². The Hall–Kier alpha value is -1.91. The van der Waals surface area contributed by atoms with Gasteiger partial charge in [-0.2, -0.15) is 0 Å². The van der Waals surface area contributed by atoms with Crippen LogP contribution < -0.4 is 5.32 Å². The van der Waals surface area contributed by atoms with E-state index in [1.54, 1.807) is 36.7 Å². The smallest absolute Gasteiger partial charge is 0.239 e. The van der Waals surface area contributed by atoms with Gasteiger partial charge < -0.3 is 15.0 Å². The van der Waals surface area contributed by atoms with Gasteiger partial charge in [-0.05, 0) is 32.0 Å². The summed E-state index contributed by atoms with van der Waals surface area (Å²) in [5, 5.41) is 24.0. The van der Waals surface area contributed by atoms with Gasteiger partial charge in [-0.15, -0.1) is 21.5 Å². The predicted octanol–water partition coefficient (Wildman–Crippen LogP) is 4.01. The zero-order valence-corrected chi connectivity index (χ0v) is 17.2. The van der Waals surface area contributed by atoms with Gasteiger partial charge in [0.05, 0.1) is 10.8 Å². The molecule has 26 heavy (non-hydrogen) atoms. The highest BCUT2D eigenvalue weighted by Crippen LogP contribution is 2.33. The third kappa shape index (κ3) is 4.08. The molecule has 1 unspecified atom stereocenters. The van der Waals surface area contributed by atoms with Crippen LogP contribution >= 0.6 is 39.0 Å². The summed E-state index contributed by atoms with van der Waals surface area (Å²) < 4.78 is 2.71. The molecular weight excluding hydrogens is 438 g/mol. The van der Waals surface area contributed by atoms with Crippen molar-refractivity contribution in [2.45, 2.75) is 30.8 Å². The van der Waals surface area contributed by atoms with Crippen molar-refractivity contribution < 1.29 is 9.90 Å². The molecule has 2 heterocycles. The number of amides is 1. The summed E-state index contributed by atoms with van der Waals surface area (Å²) in [6, 6.07) is 5.15. The van der Waals surface area contributed by atoms with E-state index in [1.165, 1.54) is 23.1 Å². The number of nitrogens with one attached hydrogen (secondary N) is 1. The summed E-state index contributed by atoms with van der Waals surface area (Å²) in [7, 11) is 0. The molecule has 2 N–H and O–H groups in total. The number of aromatic nitrogens is 4. The largest absolute Gasteiger partial charge is 0.507 e. The van der Waals surface area contributed by atoms with Gasteiger partial charge in [0, 0.05) is 22.6 Å². The predicted molar refractivity (Wildman–Crippen MR) is 107 cm³/mol. The van der Waals surface area contributed by atoms with E-state index >= 15 is 0 Å². The normalized spacial score (nSPS) is 12.1. The molecule has 3 aromatic rings. The Kier molecular flexibility index (Phi) is 5.94. The molecule has 0 aliphatic heterocycles. The van der Waals surface area contributed by atoms with Gasteiger partial charge in [-0.3, -0.25) is 4.79 Å². The lowest BCUT2D eigenvalue weighted by Crippen LogP contribution is -2.22. The second kappa shape index (κ2) is 8.19. The number of anilines is 1. The maximum absolute atomic E-state index is 12.3. The molecule has 2 aromatic heterocycles. The lowest BCUT2D eigenvalue weighted by Gasteiger charge is -2.12. The Morgan fingerprint density at radius 1 is 1.46 bits per heavy atom. The highest BCUT2D eigenvalue weighted by molar-refractivity contribution is 9.10. The van der Waals surface area contributed by atoms with Crippen LogP contribution in [0.3, 0.4) is 0 Å². The Morgan fingerprint density at radius 3 is 2.96 bits per heavy atom. The first kappa shape index (κ1) is 18.9. The number of aromatic hydroxyl groups is 1. The number of nitrogens with zero attached hydrogens (tertiary/aromatic N) is 4. The number of benzene rings is 1. The first-order valence-electron chi connectivity index (χ1n) is 7.78. The number of carbonyl (C=O) groups excluding carboxylic acids is 1. The van der Waals surface area contributed by atoms with Crippen molar-refractivity contribution in [2.75, 3.05) is 5.32 Å². The zero-order chi connectivity index (χ0) is 18.7. The molecule has 10 heteroatoms. The van der Waals surface area contributed by atoms with Crippen LogP contribution in [0.1, 0.15) is 13.8 Å². The third-order valence-corrected chi connectivity index (χ3v) is 5.81. The van der Waals surface area contributed by atoms with Crippen molar-refractivity contribution in [3.63, 3.8) is 0 Å². The fourth-order valence-corrected chi connectivity index (χ4v) is 4.06. The Bertz CT molecular complexity index is 914. The van der Waals surface area contributed by atoms with E-state index in [1.807, 2.05) is 11.5 Å². The molecule has 7 nitrogen and oxygen atoms in total. The number of hydrogen-bond acceptors (Lipinski definition) is 7. The molecular formula is C16H16BrN5O2S2. The van der Waals surface area contributed by atoms with Crippen molar-refractivity contribution >= 4 is 50.1 Å². The number of rotatable bonds is 6. The molecule has 0 fully saturated rings. The van der Waals surface area contributed by atoms with Crippen molar-refractivity contribution in [2.24, 2.45) is 0 Å². The van der Waals surface area contributed by atoms with E-state index in [0.717, 1.165) is 4.47 Å². The second-order valence-electron chi connectivity index (χ2n) is 5.30. The maximum atomic E-state index is 12.3. The van der Waals surface area contributed by atoms with Gasteiger partial charge in [0.2, 0.25) is 5.91 Å². The molecule has 1 atom stereocenters. The summed E-state index contributed by atoms with van der Waals surface area (Å²) in [5.74, 6) is 0.533. The molecule has 0 aliphatic rings. The van der Waals surface area contributed by atoms with Crippen LogP contribution in [0.5, 0.6) is 5.75 Å². The van der Waals surface area contributed by atoms with Crippen LogP contribution in [0.4, 0.5) is 5.13 Å². The second-order valence-corrected chi connectivity index (χ2v) is 8.42. The Morgan fingerprint density at radius 2 is 2.27 bits per heavy atom. The fraction of sp³-hybridized carbons (Fsp3) is 0.250. The van der Waals surface area contributed by atoms with Crippen molar-refractivity contribution in [3.8, 4) is 17.1 Å². The van der Waals surface area contributed by atoms with Crippen molar-refractivity contribution in [3.05, 3.63) is 34.2 Å². The minimum Gasteiger partial charge on any atom is -0.507 e. The summed E-state index contributed by atoms with van der Waals surface area (Å²) in [6.45, 7) is 4.38. The van der Waals surface area contributed by atoms with Gasteiger partial charge in [-0.25, -0.2) is 4.98 Å². The van der Waals surface area contributed by atoms with Crippen LogP contribution in [-0.2, 0) is 11.3 Å². The molecule has 0 spiro atoms. The van der Waals surface area contributed by atoms with Gasteiger partial charge in [-0.1, -0.05) is 27.7 Å². The number of carbonyl (C=O) groups is 1. The SMILES string of the molecule is CCn1c(SC(C)C(=O)Nc2nccs2)nnc1-c1cc(Br)ccc1O. The quantitative estimate of drug-likeness (QED) is 0.547. The molecule has 3 rings (SSSR count). The summed E-state index contributed by atoms with van der Waals surface area (Å²) >= 11 is 6.08. The van der Waals surface area contributed by atoms with Crippen LogP contribution in [0, 0.1) is 0 Å². The molecule has 0 saturated heterocycles. The average molecular weight is 454 g/mol. The van der Waals surface area contributed by atoms with Gasteiger partial charge in [0.15, 0.2) is 16.1 Å². The highest BCUT2D eigenvalue weighted by Gasteiger charge is 2.22. The zero-order valence-electron chi connectivity index (χ0n) is 14.0. The molecule has 0 radical (unpaired) electrons. The minimum atomic E-state index is -0.377. The van der Waals surface area contributed by atoms with Gasteiger partial charge in [0.25, 0.3) is 0 Å². The molecule has 0 aliphatic carbocycles. The molecule has 0 bridgehead atoms. The standard InChI is InChI=1S/C16H16BrN5O2S2/c1-3-22-13(11-8-10(17)4-5-12(11)23)20-21-16(22)26-9(2)14(24)19-15-18-6-7-25-15/h4-9,23H,3H2,1-2H3,(H,18,19,24). The van der Waals surface area contributed by atoms with Gasteiger partial charge in [0.1, 0.15) is 5.75 Å². The van der Waals surface area contributed by atoms with Crippen molar-refractivity contribution in [1.82, 2.24) is 19.7 Å². The van der Waals surface area contributed by atoms with E-state index in [4.69, 9.17) is 0 Å². The summed E-state index contributed by atoms with van der Waals surface area (Å²) in [4.78, 5) is 16.4. The van der Waals surface area contributed by atoms with E-state index in [2.05, 4.69) is 36.4 Å². The van der Waals surface area contributed by atoms with Crippen LogP contribution in [0.15, 0.2) is 39.4 Å². The first-order valence-corrected chi connectivity index (χ1v) is 10.3. The van der Waals surface area contributed by atoms with Crippen LogP contribution in [-0.4, -0.2) is 36.0 Å². The van der Waals surface area contributed by atoms with E-state index in [0.29, 0.717) is 28.2 Å². The van der Waals surface area contributed by atoms with E-state index in [9.17, 15) is 9.90 Å². The molecule has 1 aromatic carbocycles. The first-order chi connectivity index (χ1) is 12.5. The topological polar surface area (TPSA) is 92.9 Å². The lowest BCUT2D eigenvalue weighted by molar-refractivity contribution is -0.115. The summed E-state index contributed by atoms with van der Waals surface area (Å²) in [6.07, 6.45) is 1.64. The third-order valence-electron chi connectivity index (χ3n) is 3.55. The number of phenolic OH excluding ortho intramolecular Hbond substituents is 1. The van der Waals surface area contributed by atoms with E-state index < -0.39 is 0 Å². The Labute approximate surface area is 167 Å². The summed E-state index contributed by atoms with van der Waals surface area (Å²) in [5.41, 5.74) is 0.584. The number of phenols is 1. The number of halogens is 1.